The fraction of sp³-hybridized carbons (Fsp3) is 0.176. The maximum absolute atomic E-state index is 12.2. The Hall–Kier alpha value is -2.60. The van der Waals surface area contributed by atoms with Crippen molar-refractivity contribution in [1.82, 2.24) is 0 Å². The second-order valence-electron chi connectivity index (χ2n) is 4.48. The molecule has 2 rings (SSSR count). The Morgan fingerprint density at radius 3 is 2.55 bits per heavy atom. The van der Waals surface area contributed by atoms with E-state index in [2.05, 4.69) is 6.07 Å². The minimum atomic E-state index is 0.0453. The van der Waals surface area contributed by atoms with Gasteiger partial charge >= 0.3 is 0 Å². The highest BCUT2D eigenvalue weighted by molar-refractivity contribution is 5.93. The van der Waals surface area contributed by atoms with Crippen molar-refractivity contribution in [2.24, 2.45) is 0 Å². The highest BCUT2D eigenvalue weighted by Crippen LogP contribution is 2.19. The largest absolute Gasteiger partial charge is 0.308 e. The summed E-state index contributed by atoms with van der Waals surface area (Å²) in [5.74, 6) is 0.0453. The molecule has 20 heavy (non-hydrogen) atoms. The van der Waals surface area contributed by atoms with Gasteiger partial charge in [-0.3, -0.25) is 4.79 Å². The molecular formula is C17H16N2O. The Morgan fingerprint density at radius 1 is 1.15 bits per heavy atom. The van der Waals surface area contributed by atoms with E-state index in [-0.39, 0.29) is 5.91 Å². The summed E-state index contributed by atoms with van der Waals surface area (Å²) in [6.07, 6.45) is 0.434. The van der Waals surface area contributed by atoms with Gasteiger partial charge in [-0.05, 0) is 23.8 Å². The molecule has 0 aromatic heterocycles. The number of anilines is 1. The number of rotatable bonds is 4. The van der Waals surface area contributed by atoms with Crippen LogP contribution in [0.25, 0.3) is 0 Å². The molecule has 100 valence electrons. The Morgan fingerprint density at radius 2 is 1.90 bits per heavy atom. The summed E-state index contributed by atoms with van der Waals surface area (Å²) in [5.41, 5.74) is 2.39. The third-order valence-corrected chi connectivity index (χ3v) is 3.07. The maximum atomic E-state index is 12.2. The number of hydrogen-bond acceptors (Lipinski definition) is 2. The van der Waals surface area contributed by atoms with Crippen LogP contribution in [0.4, 0.5) is 5.69 Å². The van der Waals surface area contributed by atoms with Crippen LogP contribution >= 0.6 is 0 Å². The van der Waals surface area contributed by atoms with Gasteiger partial charge in [-0.15, -0.1) is 0 Å². The number of hydrogen-bond donors (Lipinski definition) is 0. The molecule has 2 aromatic rings. The van der Waals surface area contributed by atoms with Crippen molar-refractivity contribution in [3.8, 4) is 6.07 Å². The number of nitrogens with zero attached hydrogens (tertiary/aromatic N) is 2. The maximum Gasteiger partial charge on any atom is 0.227 e. The summed E-state index contributed by atoms with van der Waals surface area (Å²) in [6.45, 7) is 2.36. The predicted octanol–water partition coefficient (Wildman–Crippen LogP) is 3.50. The van der Waals surface area contributed by atoms with Crippen molar-refractivity contribution >= 4 is 11.6 Å². The molecule has 0 N–H and O–H groups in total. The van der Waals surface area contributed by atoms with E-state index in [1.165, 1.54) is 0 Å². The van der Waals surface area contributed by atoms with Crippen LogP contribution in [0, 0.1) is 11.3 Å². The SMILES string of the molecule is CCC(=O)N(Cc1ccccc1)c1cccc(C#N)c1. The molecule has 0 saturated carbocycles. The van der Waals surface area contributed by atoms with E-state index in [1.54, 1.807) is 23.1 Å². The highest BCUT2D eigenvalue weighted by Gasteiger charge is 2.14. The minimum Gasteiger partial charge on any atom is -0.308 e. The van der Waals surface area contributed by atoms with Crippen molar-refractivity contribution in [3.63, 3.8) is 0 Å². The molecule has 1 amide bonds. The summed E-state index contributed by atoms with van der Waals surface area (Å²) < 4.78 is 0. The van der Waals surface area contributed by atoms with E-state index >= 15 is 0 Å². The molecule has 0 saturated heterocycles. The van der Waals surface area contributed by atoms with Crippen LogP contribution in [0.15, 0.2) is 54.6 Å². The van der Waals surface area contributed by atoms with Crippen LogP contribution in [0.3, 0.4) is 0 Å². The van der Waals surface area contributed by atoms with Gasteiger partial charge < -0.3 is 4.90 Å². The van der Waals surface area contributed by atoms with Crippen LogP contribution in [0.5, 0.6) is 0 Å². The van der Waals surface area contributed by atoms with Gasteiger partial charge in [0.15, 0.2) is 0 Å². The summed E-state index contributed by atoms with van der Waals surface area (Å²) in [5, 5.41) is 8.98. The van der Waals surface area contributed by atoms with Crippen LogP contribution in [-0.2, 0) is 11.3 Å². The second kappa shape index (κ2) is 6.53. The van der Waals surface area contributed by atoms with E-state index < -0.39 is 0 Å². The summed E-state index contributed by atoms with van der Waals surface area (Å²) in [7, 11) is 0. The molecule has 3 nitrogen and oxygen atoms in total. The number of carbonyl (C=O) groups excluding carboxylic acids is 1. The fourth-order valence-electron chi connectivity index (χ4n) is 2.02. The zero-order valence-corrected chi connectivity index (χ0v) is 11.4. The van der Waals surface area contributed by atoms with Crippen molar-refractivity contribution in [2.45, 2.75) is 19.9 Å². The van der Waals surface area contributed by atoms with E-state index in [4.69, 9.17) is 5.26 Å². The Bertz CT molecular complexity index is 629. The van der Waals surface area contributed by atoms with Gasteiger partial charge in [-0.1, -0.05) is 43.3 Å². The Labute approximate surface area is 119 Å². The summed E-state index contributed by atoms with van der Waals surface area (Å²) in [6, 6.07) is 19.1. The molecule has 3 heteroatoms. The second-order valence-corrected chi connectivity index (χ2v) is 4.48. The van der Waals surface area contributed by atoms with Gasteiger partial charge in [0, 0.05) is 12.1 Å². The first-order chi connectivity index (χ1) is 9.74. The first-order valence-corrected chi connectivity index (χ1v) is 6.59. The van der Waals surface area contributed by atoms with E-state index in [0.29, 0.717) is 18.5 Å². The van der Waals surface area contributed by atoms with Gasteiger partial charge in [-0.2, -0.15) is 5.26 Å². The normalized spacial score (nSPS) is 9.80. The zero-order valence-electron chi connectivity index (χ0n) is 11.4. The molecule has 0 aliphatic heterocycles. The van der Waals surface area contributed by atoms with Gasteiger partial charge in [-0.25, -0.2) is 0 Å². The zero-order chi connectivity index (χ0) is 14.4. The van der Waals surface area contributed by atoms with Crippen LogP contribution in [0.1, 0.15) is 24.5 Å². The van der Waals surface area contributed by atoms with Crippen molar-refractivity contribution in [1.29, 1.82) is 5.26 Å². The smallest absolute Gasteiger partial charge is 0.227 e. The van der Waals surface area contributed by atoms with Crippen molar-refractivity contribution < 1.29 is 4.79 Å². The average Bonchev–Trinajstić information content (AvgIpc) is 2.53. The first-order valence-electron chi connectivity index (χ1n) is 6.59. The quantitative estimate of drug-likeness (QED) is 0.848. The van der Waals surface area contributed by atoms with Crippen LogP contribution in [0.2, 0.25) is 0 Å². The number of benzene rings is 2. The topological polar surface area (TPSA) is 44.1 Å². The lowest BCUT2D eigenvalue weighted by Gasteiger charge is -2.22. The van der Waals surface area contributed by atoms with Gasteiger partial charge in [0.25, 0.3) is 0 Å². The highest BCUT2D eigenvalue weighted by atomic mass is 16.2. The lowest BCUT2D eigenvalue weighted by Crippen LogP contribution is -2.29. The lowest BCUT2D eigenvalue weighted by molar-refractivity contribution is -0.118. The molecule has 0 radical (unpaired) electrons. The van der Waals surface area contributed by atoms with Crippen molar-refractivity contribution in [2.75, 3.05) is 4.90 Å². The standard InChI is InChI=1S/C17H16N2O/c1-2-17(20)19(13-14-7-4-3-5-8-14)16-10-6-9-15(11-16)12-18/h3-11H,2,13H2,1H3. The van der Waals surface area contributed by atoms with Crippen molar-refractivity contribution in [3.05, 3.63) is 65.7 Å². The molecule has 2 aromatic carbocycles. The predicted molar refractivity (Wildman–Crippen MR) is 79.1 cm³/mol. The average molecular weight is 264 g/mol. The third-order valence-electron chi connectivity index (χ3n) is 3.07. The summed E-state index contributed by atoms with van der Waals surface area (Å²) in [4.78, 5) is 13.9. The molecule has 0 unspecified atom stereocenters. The summed E-state index contributed by atoms with van der Waals surface area (Å²) >= 11 is 0. The van der Waals surface area contributed by atoms with E-state index in [9.17, 15) is 4.79 Å². The molecule has 0 aliphatic rings. The number of amides is 1. The lowest BCUT2D eigenvalue weighted by atomic mass is 10.1. The van der Waals surface area contributed by atoms with Crippen LogP contribution in [-0.4, -0.2) is 5.91 Å². The molecule has 0 heterocycles. The van der Waals surface area contributed by atoms with Gasteiger partial charge in [0.05, 0.1) is 18.2 Å². The Kier molecular flexibility index (Phi) is 4.52. The molecule has 0 aliphatic carbocycles. The number of carbonyl (C=O) groups is 1. The fourth-order valence-corrected chi connectivity index (χ4v) is 2.02. The minimum absolute atomic E-state index is 0.0453. The molecule has 0 spiro atoms. The number of nitriles is 1. The monoisotopic (exact) mass is 264 g/mol. The molecule has 0 fully saturated rings. The van der Waals surface area contributed by atoms with E-state index in [1.807, 2.05) is 43.3 Å². The molecule has 0 bridgehead atoms. The third kappa shape index (κ3) is 3.24. The van der Waals surface area contributed by atoms with Crippen LogP contribution < -0.4 is 4.90 Å². The van der Waals surface area contributed by atoms with E-state index in [0.717, 1.165) is 11.3 Å². The van der Waals surface area contributed by atoms with Gasteiger partial charge in [0.1, 0.15) is 0 Å². The molecule has 0 atom stereocenters. The van der Waals surface area contributed by atoms with Gasteiger partial charge in [0.2, 0.25) is 5.91 Å². The first kappa shape index (κ1) is 13.8. The Balaban J connectivity index is 2.32. The molecular weight excluding hydrogens is 248 g/mol.